The number of amides is 1. The van der Waals surface area contributed by atoms with Crippen molar-refractivity contribution in [2.24, 2.45) is 0 Å². The van der Waals surface area contributed by atoms with Gasteiger partial charge in [0.2, 0.25) is 5.91 Å². The predicted molar refractivity (Wildman–Crippen MR) is 50.5 cm³/mol. The number of rotatable bonds is 3. The highest BCUT2D eigenvalue weighted by molar-refractivity contribution is 5.79. The van der Waals surface area contributed by atoms with Crippen LogP contribution in [0.5, 0.6) is 0 Å². The fourth-order valence-electron chi connectivity index (χ4n) is 1.65. The van der Waals surface area contributed by atoms with Crippen LogP contribution in [-0.2, 0) is 9.53 Å². The third kappa shape index (κ3) is 3.32. The zero-order chi connectivity index (χ0) is 9.90. The monoisotopic (exact) mass is 186 g/mol. The molecular formula is C9H18N2O2. The SMILES string of the molecule is COCCN1CC(=O)NC(C)(C)C1. The molecule has 0 aromatic rings. The van der Waals surface area contributed by atoms with E-state index in [1.165, 1.54) is 0 Å². The first-order valence-electron chi connectivity index (χ1n) is 4.56. The Morgan fingerprint density at radius 1 is 1.62 bits per heavy atom. The van der Waals surface area contributed by atoms with Crippen molar-refractivity contribution in [1.82, 2.24) is 10.2 Å². The number of hydrogen-bond acceptors (Lipinski definition) is 3. The molecule has 0 saturated carbocycles. The van der Waals surface area contributed by atoms with Gasteiger partial charge in [-0.05, 0) is 13.8 Å². The molecule has 1 fully saturated rings. The molecule has 4 heteroatoms. The summed E-state index contributed by atoms with van der Waals surface area (Å²) in [5.74, 6) is 0.104. The van der Waals surface area contributed by atoms with Crippen molar-refractivity contribution in [2.45, 2.75) is 19.4 Å². The Morgan fingerprint density at radius 2 is 2.31 bits per heavy atom. The van der Waals surface area contributed by atoms with Crippen LogP contribution in [0, 0.1) is 0 Å². The van der Waals surface area contributed by atoms with Crippen LogP contribution in [0.15, 0.2) is 0 Å². The van der Waals surface area contributed by atoms with Crippen molar-refractivity contribution in [3.8, 4) is 0 Å². The Kier molecular flexibility index (Phi) is 3.27. The standard InChI is InChI=1S/C9H18N2O2/c1-9(2)7-11(4-5-13-3)6-8(12)10-9/h4-7H2,1-3H3,(H,10,12). The van der Waals surface area contributed by atoms with Crippen molar-refractivity contribution in [1.29, 1.82) is 0 Å². The van der Waals surface area contributed by atoms with Crippen molar-refractivity contribution in [3.63, 3.8) is 0 Å². The summed E-state index contributed by atoms with van der Waals surface area (Å²) < 4.78 is 4.97. The Morgan fingerprint density at radius 3 is 2.85 bits per heavy atom. The van der Waals surface area contributed by atoms with Gasteiger partial charge in [0.1, 0.15) is 0 Å². The second kappa shape index (κ2) is 4.07. The van der Waals surface area contributed by atoms with E-state index in [9.17, 15) is 4.79 Å². The third-order valence-electron chi connectivity index (χ3n) is 2.08. The highest BCUT2D eigenvalue weighted by Gasteiger charge is 2.29. The smallest absolute Gasteiger partial charge is 0.234 e. The van der Waals surface area contributed by atoms with E-state index in [0.717, 1.165) is 13.1 Å². The van der Waals surface area contributed by atoms with E-state index in [4.69, 9.17) is 4.74 Å². The molecule has 0 unspecified atom stereocenters. The molecule has 0 bridgehead atoms. The van der Waals surface area contributed by atoms with Gasteiger partial charge in [-0.2, -0.15) is 0 Å². The number of nitrogens with one attached hydrogen (secondary N) is 1. The maximum Gasteiger partial charge on any atom is 0.234 e. The molecule has 0 aromatic heterocycles. The second-order valence-corrected chi connectivity index (χ2v) is 4.14. The maximum absolute atomic E-state index is 11.3. The number of piperazine rings is 1. The van der Waals surface area contributed by atoms with Crippen LogP contribution in [0.1, 0.15) is 13.8 Å². The molecule has 0 aromatic carbocycles. The number of ether oxygens (including phenoxy) is 1. The van der Waals surface area contributed by atoms with Gasteiger partial charge in [-0.15, -0.1) is 0 Å². The van der Waals surface area contributed by atoms with Crippen LogP contribution >= 0.6 is 0 Å². The van der Waals surface area contributed by atoms with Crippen molar-refractivity contribution >= 4 is 5.91 Å². The average Bonchev–Trinajstić information content (AvgIpc) is 1.97. The molecule has 76 valence electrons. The van der Waals surface area contributed by atoms with Crippen LogP contribution in [0.4, 0.5) is 0 Å². The summed E-state index contributed by atoms with van der Waals surface area (Å²) in [5, 5.41) is 2.94. The molecule has 1 N–H and O–H groups in total. The van der Waals surface area contributed by atoms with E-state index in [1.807, 2.05) is 13.8 Å². The molecule has 1 amide bonds. The predicted octanol–water partition coefficient (Wildman–Crippen LogP) is -0.157. The van der Waals surface area contributed by atoms with Gasteiger partial charge in [-0.3, -0.25) is 9.69 Å². The average molecular weight is 186 g/mol. The summed E-state index contributed by atoms with van der Waals surface area (Å²) >= 11 is 0. The Hall–Kier alpha value is -0.610. The fraction of sp³-hybridized carbons (Fsp3) is 0.889. The van der Waals surface area contributed by atoms with Gasteiger partial charge in [0.05, 0.1) is 13.2 Å². The quantitative estimate of drug-likeness (QED) is 0.666. The summed E-state index contributed by atoms with van der Waals surface area (Å²) in [5.41, 5.74) is -0.108. The number of hydrogen-bond donors (Lipinski definition) is 1. The van der Waals surface area contributed by atoms with Gasteiger partial charge >= 0.3 is 0 Å². The van der Waals surface area contributed by atoms with Gasteiger partial charge in [0.15, 0.2) is 0 Å². The number of carbonyl (C=O) groups is 1. The first-order valence-corrected chi connectivity index (χ1v) is 4.56. The minimum Gasteiger partial charge on any atom is -0.383 e. The minimum absolute atomic E-state index is 0.104. The van der Waals surface area contributed by atoms with E-state index in [0.29, 0.717) is 13.2 Å². The summed E-state index contributed by atoms with van der Waals surface area (Å²) in [6.07, 6.45) is 0. The number of methoxy groups -OCH3 is 1. The van der Waals surface area contributed by atoms with Crippen molar-refractivity contribution in [2.75, 3.05) is 33.4 Å². The topological polar surface area (TPSA) is 41.6 Å². The van der Waals surface area contributed by atoms with Gasteiger partial charge < -0.3 is 10.1 Å². The molecule has 0 aliphatic carbocycles. The first-order chi connectivity index (χ1) is 6.03. The van der Waals surface area contributed by atoms with Gasteiger partial charge in [0, 0.05) is 25.7 Å². The van der Waals surface area contributed by atoms with E-state index in [-0.39, 0.29) is 11.4 Å². The van der Waals surface area contributed by atoms with Crippen molar-refractivity contribution in [3.05, 3.63) is 0 Å². The highest BCUT2D eigenvalue weighted by Crippen LogP contribution is 2.10. The van der Waals surface area contributed by atoms with E-state index in [1.54, 1.807) is 7.11 Å². The van der Waals surface area contributed by atoms with Crippen molar-refractivity contribution < 1.29 is 9.53 Å². The molecule has 0 spiro atoms. The van der Waals surface area contributed by atoms with Crippen LogP contribution in [-0.4, -0.2) is 49.7 Å². The lowest BCUT2D eigenvalue weighted by atomic mass is 10.0. The summed E-state index contributed by atoms with van der Waals surface area (Å²) in [6.45, 7) is 6.96. The maximum atomic E-state index is 11.3. The normalized spacial score (nSPS) is 22.8. The zero-order valence-electron chi connectivity index (χ0n) is 8.59. The summed E-state index contributed by atoms with van der Waals surface area (Å²) in [4.78, 5) is 13.4. The molecule has 1 saturated heterocycles. The van der Waals surface area contributed by atoms with Crippen LogP contribution < -0.4 is 5.32 Å². The Balaban J connectivity index is 2.43. The molecule has 4 nitrogen and oxygen atoms in total. The Labute approximate surface area is 79.2 Å². The number of carbonyl (C=O) groups excluding carboxylic acids is 1. The van der Waals surface area contributed by atoms with E-state index < -0.39 is 0 Å². The zero-order valence-corrected chi connectivity index (χ0v) is 8.59. The number of nitrogens with zero attached hydrogens (tertiary/aromatic N) is 1. The second-order valence-electron chi connectivity index (χ2n) is 4.14. The van der Waals surface area contributed by atoms with Gasteiger partial charge in [0.25, 0.3) is 0 Å². The molecule has 1 rings (SSSR count). The lowest BCUT2D eigenvalue weighted by molar-refractivity contribution is -0.127. The molecule has 0 atom stereocenters. The fourth-order valence-corrected chi connectivity index (χ4v) is 1.65. The van der Waals surface area contributed by atoms with Gasteiger partial charge in [-0.1, -0.05) is 0 Å². The lowest BCUT2D eigenvalue weighted by Gasteiger charge is -2.38. The molecular weight excluding hydrogens is 168 g/mol. The van der Waals surface area contributed by atoms with Crippen LogP contribution in [0.25, 0.3) is 0 Å². The molecule has 0 radical (unpaired) electrons. The molecule has 1 heterocycles. The lowest BCUT2D eigenvalue weighted by Crippen LogP contribution is -2.60. The van der Waals surface area contributed by atoms with Gasteiger partial charge in [-0.25, -0.2) is 0 Å². The molecule has 1 aliphatic heterocycles. The molecule has 13 heavy (non-hydrogen) atoms. The summed E-state index contributed by atoms with van der Waals surface area (Å²) in [6, 6.07) is 0. The largest absolute Gasteiger partial charge is 0.383 e. The third-order valence-corrected chi connectivity index (χ3v) is 2.08. The first kappa shape index (κ1) is 10.5. The highest BCUT2D eigenvalue weighted by atomic mass is 16.5. The Bertz CT molecular complexity index is 192. The van der Waals surface area contributed by atoms with Crippen LogP contribution in [0.2, 0.25) is 0 Å². The summed E-state index contributed by atoms with van der Waals surface area (Å²) in [7, 11) is 1.68. The van der Waals surface area contributed by atoms with Crippen LogP contribution in [0.3, 0.4) is 0 Å². The van der Waals surface area contributed by atoms with E-state index >= 15 is 0 Å². The minimum atomic E-state index is -0.108. The molecule has 1 aliphatic rings. The van der Waals surface area contributed by atoms with E-state index in [2.05, 4.69) is 10.2 Å².